The Morgan fingerprint density at radius 1 is 1.35 bits per heavy atom. The molecule has 2 rings (SSSR count). The number of aliphatic hydroxyl groups is 1. The van der Waals surface area contributed by atoms with Gasteiger partial charge in [-0.2, -0.15) is 0 Å². The number of fused-ring (bicyclic) bond motifs is 1. The molecule has 0 fully saturated rings. The van der Waals surface area contributed by atoms with Crippen LogP contribution in [0.2, 0.25) is 0 Å². The summed E-state index contributed by atoms with van der Waals surface area (Å²) in [5.41, 5.74) is 0.787. The van der Waals surface area contributed by atoms with E-state index in [1.807, 2.05) is 0 Å². The first-order valence-electron chi connectivity index (χ1n) is 6.38. The maximum atomic E-state index is 10.0. The molecule has 17 heavy (non-hydrogen) atoms. The first kappa shape index (κ1) is 12.2. The molecule has 1 aromatic carbocycles. The van der Waals surface area contributed by atoms with Crippen molar-refractivity contribution in [2.75, 3.05) is 0 Å². The van der Waals surface area contributed by atoms with Crippen LogP contribution in [0.3, 0.4) is 0 Å². The van der Waals surface area contributed by atoms with Crippen molar-refractivity contribution in [3.63, 3.8) is 0 Å². The topological polar surface area (TPSA) is 49.7 Å². The van der Waals surface area contributed by atoms with Crippen molar-refractivity contribution < 1.29 is 14.9 Å². The van der Waals surface area contributed by atoms with Gasteiger partial charge in [-0.25, -0.2) is 0 Å². The Hall–Kier alpha value is -1.22. The van der Waals surface area contributed by atoms with Crippen LogP contribution in [0.5, 0.6) is 11.5 Å². The summed E-state index contributed by atoms with van der Waals surface area (Å²) in [6.45, 7) is 2.17. The lowest BCUT2D eigenvalue weighted by atomic mass is 9.96. The smallest absolute Gasteiger partial charge is 0.129 e. The molecule has 0 amide bonds. The Morgan fingerprint density at radius 2 is 2.18 bits per heavy atom. The molecule has 2 unspecified atom stereocenters. The van der Waals surface area contributed by atoms with E-state index in [2.05, 4.69) is 6.92 Å². The van der Waals surface area contributed by atoms with Crippen LogP contribution in [0.25, 0.3) is 0 Å². The summed E-state index contributed by atoms with van der Waals surface area (Å²) < 4.78 is 5.81. The Labute approximate surface area is 102 Å². The van der Waals surface area contributed by atoms with Crippen LogP contribution >= 0.6 is 0 Å². The first-order chi connectivity index (χ1) is 8.20. The molecule has 0 saturated carbocycles. The molecule has 1 heterocycles. The molecule has 0 spiro atoms. The fourth-order valence-electron chi connectivity index (χ4n) is 2.30. The van der Waals surface area contributed by atoms with Gasteiger partial charge in [0.25, 0.3) is 0 Å². The van der Waals surface area contributed by atoms with Crippen LogP contribution in [0.1, 0.15) is 50.7 Å². The highest BCUT2D eigenvalue weighted by molar-refractivity contribution is 5.42. The van der Waals surface area contributed by atoms with Crippen molar-refractivity contribution in [3.8, 4) is 11.5 Å². The van der Waals surface area contributed by atoms with E-state index < -0.39 is 6.10 Å². The van der Waals surface area contributed by atoms with E-state index in [1.54, 1.807) is 18.2 Å². The fraction of sp³-hybridized carbons (Fsp3) is 0.571. The largest absolute Gasteiger partial charge is 0.508 e. The maximum absolute atomic E-state index is 10.0. The summed E-state index contributed by atoms with van der Waals surface area (Å²) in [7, 11) is 0. The summed E-state index contributed by atoms with van der Waals surface area (Å²) in [5, 5.41) is 19.4. The number of aliphatic hydroxyl groups excluding tert-OH is 1. The third kappa shape index (κ3) is 2.91. The van der Waals surface area contributed by atoms with Gasteiger partial charge in [0.2, 0.25) is 0 Å². The highest BCUT2D eigenvalue weighted by atomic mass is 16.5. The van der Waals surface area contributed by atoms with Crippen molar-refractivity contribution >= 4 is 0 Å². The van der Waals surface area contributed by atoms with Gasteiger partial charge in [0.15, 0.2) is 0 Å². The van der Waals surface area contributed by atoms with Gasteiger partial charge in [0.05, 0.1) is 6.10 Å². The van der Waals surface area contributed by atoms with E-state index in [1.165, 1.54) is 12.8 Å². The van der Waals surface area contributed by atoms with Gasteiger partial charge in [-0.05, 0) is 25.0 Å². The van der Waals surface area contributed by atoms with Crippen LogP contribution in [0.15, 0.2) is 18.2 Å². The molecule has 94 valence electrons. The summed E-state index contributed by atoms with van der Waals surface area (Å²) in [6, 6.07) is 4.91. The minimum Gasteiger partial charge on any atom is -0.508 e. The van der Waals surface area contributed by atoms with Gasteiger partial charge < -0.3 is 14.9 Å². The molecular weight excluding hydrogens is 216 g/mol. The van der Waals surface area contributed by atoms with Crippen LogP contribution in [0, 0.1) is 0 Å². The minimum atomic E-state index is -0.467. The lowest BCUT2D eigenvalue weighted by Crippen LogP contribution is -2.25. The van der Waals surface area contributed by atoms with E-state index >= 15 is 0 Å². The van der Waals surface area contributed by atoms with Crippen LogP contribution in [-0.4, -0.2) is 16.3 Å². The molecular formula is C14H20O3. The molecule has 3 nitrogen and oxygen atoms in total. The number of benzene rings is 1. The van der Waals surface area contributed by atoms with E-state index in [9.17, 15) is 10.2 Å². The summed E-state index contributed by atoms with van der Waals surface area (Å²) in [5.74, 6) is 0.815. The van der Waals surface area contributed by atoms with Gasteiger partial charge in [-0.1, -0.05) is 19.8 Å². The highest BCUT2D eigenvalue weighted by Gasteiger charge is 2.26. The van der Waals surface area contributed by atoms with Gasteiger partial charge in [0.1, 0.15) is 17.6 Å². The molecule has 0 radical (unpaired) electrons. The van der Waals surface area contributed by atoms with E-state index in [0.717, 1.165) is 18.4 Å². The highest BCUT2D eigenvalue weighted by Crippen LogP contribution is 2.37. The third-order valence-corrected chi connectivity index (χ3v) is 3.27. The number of unbranched alkanes of at least 4 members (excludes halogenated alkanes) is 2. The molecule has 0 saturated heterocycles. The van der Waals surface area contributed by atoms with Gasteiger partial charge >= 0.3 is 0 Å². The lowest BCUT2D eigenvalue weighted by molar-refractivity contribution is 0.0603. The van der Waals surface area contributed by atoms with Gasteiger partial charge in [0, 0.05) is 18.1 Å². The van der Waals surface area contributed by atoms with Crippen molar-refractivity contribution in [1.82, 2.24) is 0 Å². The zero-order valence-electron chi connectivity index (χ0n) is 10.2. The molecule has 0 aliphatic carbocycles. The van der Waals surface area contributed by atoms with E-state index in [0.29, 0.717) is 12.2 Å². The second kappa shape index (κ2) is 5.41. The molecule has 0 aromatic heterocycles. The quantitative estimate of drug-likeness (QED) is 0.789. The Bertz CT molecular complexity index is 376. The fourth-order valence-corrected chi connectivity index (χ4v) is 2.30. The zero-order chi connectivity index (χ0) is 12.3. The summed E-state index contributed by atoms with van der Waals surface area (Å²) in [6.07, 6.45) is 4.75. The summed E-state index contributed by atoms with van der Waals surface area (Å²) >= 11 is 0. The van der Waals surface area contributed by atoms with Crippen LogP contribution in [0.4, 0.5) is 0 Å². The number of phenolic OH excluding ortho intramolecular Hbond substituents is 1. The van der Waals surface area contributed by atoms with E-state index in [-0.39, 0.29) is 11.9 Å². The molecule has 1 aromatic rings. The van der Waals surface area contributed by atoms with Crippen molar-refractivity contribution in [1.29, 1.82) is 0 Å². The number of hydrogen-bond acceptors (Lipinski definition) is 3. The van der Waals surface area contributed by atoms with E-state index in [4.69, 9.17) is 4.74 Å². The average Bonchev–Trinajstić information content (AvgIpc) is 2.28. The molecule has 3 heteroatoms. The number of aromatic hydroxyl groups is 1. The first-order valence-corrected chi connectivity index (χ1v) is 6.38. The number of hydrogen-bond donors (Lipinski definition) is 2. The average molecular weight is 236 g/mol. The normalized spacial score (nSPS) is 22.9. The van der Waals surface area contributed by atoms with Crippen molar-refractivity contribution in [2.45, 2.75) is 51.2 Å². The second-order valence-corrected chi connectivity index (χ2v) is 4.71. The van der Waals surface area contributed by atoms with Gasteiger partial charge in [-0.3, -0.25) is 0 Å². The van der Waals surface area contributed by atoms with Crippen LogP contribution in [-0.2, 0) is 0 Å². The Morgan fingerprint density at radius 3 is 2.94 bits per heavy atom. The Kier molecular flexibility index (Phi) is 3.89. The number of phenols is 1. The van der Waals surface area contributed by atoms with Gasteiger partial charge in [-0.15, -0.1) is 0 Å². The molecule has 0 bridgehead atoms. The molecule has 1 aliphatic heterocycles. The third-order valence-electron chi connectivity index (χ3n) is 3.27. The number of ether oxygens (including phenoxy) is 1. The molecule has 1 aliphatic rings. The second-order valence-electron chi connectivity index (χ2n) is 4.71. The summed E-state index contributed by atoms with van der Waals surface area (Å²) in [4.78, 5) is 0. The predicted octanol–water partition coefficient (Wildman–Crippen LogP) is 3.16. The number of rotatable bonds is 4. The molecule has 2 N–H and O–H groups in total. The van der Waals surface area contributed by atoms with Crippen molar-refractivity contribution in [2.24, 2.45) is 0 Å². The predicted molar refractivity (Wildman–Crippen MR) is 66.2 cm³/mol. The lowest BCUT2D eigenvalue weighted by Gasteiger charge is -2.29. The molecule has 2 atom stereocenters. The maximum Gasteiger partial charge on any atom is 0.129 e. The minimum absolute atomic E-state index is 0.0749. The van der Waals surface area contributed by atoms with Crippen LogP contribution < -0.4 is 4.74 Å². The van der Waals surface area contributed by atoms with Crippen molar-refractivity contribution in [3.05, 3.63) is 23.8 Å². The standard InChI is InChI=1S/C14H20O3/c1-2-3-4-5-11-9-13(16)12-7-6-10(15)8-14(12)17-11/h6-8,11,13,15-16H,2-5,9H2,1H3. The zero-order valence-corrected chi connectivity index (χ0v) is 10.2. The monoisotopic (exact) mass is 236 g/mol. The Balaban J connectivity index is 2.04. The SMILES string of the molecule is CCCCCC1CC(O)c2ccc(O)cc2O1.